The van der Waals surface area contributed by atoms with Gasteiger partial charge in [0.2, 0.25) is 0 Å². The first kappa shape index (κ1) is 10.3. The van der Waals surface area contributed by atoms with Crippen molar-refractivity contribution in [3.05, 3.63) is 0 Å². The first-order valence-corrected chi connectivity index (χ1v) is 4.55. The summed E-state index contributed by atoms with van der Waals surface area (Å²) in [6, 6.07) is 0. The minimum atomic E-state index is -0.732. The van der Waals surface area contributed by atoms with E-state index in [0.29, 0.717) is 5.92 Å². The number of aliphatic hydroxyl groups is 1. The van der Waals surface area contributed by atoms with E-state index in [-0.39, 0.29) is 6.10 Å². The number of carbonyl (C=O) groups is 1. The second-order valence-electron chi connectivity index (χ2n) is 4.38. The molecule has 1 saturated carbocycles. The van der Waals surface area contributed by atoms with Gasteiger partial charge in [0, 0.05) is 0 Å². The molecule has 1 aliphatic carbocycles. The first-order chi connectivity index (χ1) is 5.89. The molecule has 1 rings (SSSR count). The number of primary amides is 1. The fourth-order valence-electron chi connectivity index (χ4n) is 1.88. The Balaban J connectivity index is 2.29. The van der Waals surface area contributed by atoms with Crippen LogP contribution in [0.25, 0.3) is 0 Å². The minimum absolute atomic E-state index is 0.158. The lowest BCUT2D eigenvalue weighted by atomic mass is 9.76. The van der Waals surface area contributed by atoms with Crippen LogP contribution in [0.2, 0.25) is 0 Å². The molecule has 0 atom stereocenters. The summed E-state index contributed by atoms with van der Waals surface area (Å²) in [5.41, 5.74) is 4.43. The third-order valence-corrected chi connectivity index (χ3v) is 2.37. The van der Waals surface area contributed by atoms with Gasteiger partial charge < -0.3 is 15.6 Å². The Morgan fingerprint density at radius 3 is 2.54 bits per heavy atom. The van der Waals surface area contributed by atoms with Crippen molar-refractivity contribution in [3.8, 4) is 0 Å². The third kappa shape index (κ3) is 3.22. The zero-order valence-corrected chi connectivity index (χ0v) is 8.12. The van der Waals surface area contributed by atoms with Crippen molar-refractivity contribution >= 4 is 6.09 Å². The van der Waals surface area contributed by atoms with Gasteiger partial charge in [0.25, 0.3) is 0 Å². The smallest absolute Gasteiger partial charge is 0.405 e. The average molecular weight is 187 g/mol. The first-order valence-electron chi connectivity index (χ1n) is 4.55. The molecule has 76 valence electrons. The zero-order valence-electron chi connectivity index (χ0n) is 8.12. The number of amides is 1. The molecule has 0 spiro atoms. The Morgan fingerprint density at radius 1 is 1.62 bits per heavy atom. The van der Waals surface area contributed by atoms with E-state index in [9.17, 15) is 4.79 Å². The fourth-order valence-corrected chi connectivity index (χ4v) is 1.88. The molecule has 0 bridgehead atoms. The van der Waals surface area contributed by atoms with Crippen LogP contribution in [-0.2, 0) is 4.74 Å². The van der Waals surface area contributed by atoms with Crippen LogP contribution in [0, 0.1) is 5.92 Å². The summed E-state index contributed by atoms with van der Waals surface area (Å²) in [7, 11) is 0. The van der Waals surface area contributed by atoms with E-state index < -0.39 is 11.7 Å². The Kier molecular flexibility index (Phi) is 2.81. The average Bonchev–Trinajstić information content (AvgIpc) is 1.79. The van der Waals surface area contributed by atoms with Crippen molar-refractivity contribution in [2.75, 3.05) is 0 Å². The van der Waals surface area contributed by atoms with Crippen LogP contribution in [0.5, 0.6) is 0 Å². The van der Waals surface area contributed by atoms with Crippen molar-refractivity contribution in [3.63, 3.8) is 0 Å². The highest BCUT2D eigenvalue weighted by Crippen LogP contribution is 2.35. The van der Waals surface area contributed by atoms with Gasteiger partial charge in [0.1, 0.15) is 5.60 Å². The van der Waals surface area contributed by atoms with Gasteiger partial charge in [0.15, 0.2) is 0 Å². The molecule has 0 saturated heterocycles. The number of carbonyl (C=O) groups excluding carboxylic acids is 1. The zero-order chi connectivity index (χ0) is 10.1. The molecule has 0 aromatic heterocycles. The maximum Gasteiger partial charge on any atom is 0.405 e. The van der Waals surface area contributed by atoms with E-state index in [0.717, 1.165) is 19.3 Å². The molecule has 0 aromatic rings. The minimum Gasteiger partial charge on any atom is -0.444 e. The predicted molar refractivity (Wildman–Crippen MR) is 48.1 cm³/mol. The molecule has 1 aliphatic rings. The van der Waals surface area contributed by atoms with Gasteiger partial charge >= 0.3 is 6.09 Å². The molecule has 4 heteroatoms. The van der Waals surface area contributed by atoms with Crippen LogP contribution in [0.4, 0.5) is 4.79 Å². The summed E-state index contributed by atoms with van der Waals surface area (Å²) in [6.45, 7) is 3.67. The van der Waals surface area contributed by atoms with Gasteiger partial charge in [0.05, 0.1) is 6.10 Å². The molecule has 0 unspecified atom stereocenters. The predicted octanol–water partition coefficient (Wildman–Crippen LogP) is 1.02. The van der Waals surface area contributed by atoms with E-state index in [2.05, 4.69) is 0 Å². The molecule has 1 fully saturated rings. The highest BCUT2D eigenvalue weighted by molar-refractivity contribution is 5.65. The van der Waals surface area contributed by atoms with E-state index >= 15 is 0 Å². The molecule has 0 heterocycles. The summed E-state index contributed by atoms with van der Waals surface area (Å²) in [5, 5.41) is 9.06. The molecule has 13 heavy (non-hydrogen) atoms. The molecular weight excluding hydrogens is 170 g/mol. The van der Waals surface area contributed by atoms with Crippen molar-refractivity contribution in [1.82, 2.24) is 0 Å². The van der Waals surface area contributed by atoms with Crippen LogP contribution < -0.4 is 5.73 Å². The van der Waals surface area contributed by atoms with Crippen LogP contribution >= 0.6 is 0 Å². The normalized spacial score (nSPS) is 27.9. The topological polar surface area (TPSA) is 72.6 Å². The number of hydrogen-bond donors (Lipinski definition) is 2. The van der Waals surface area contributed by atoms with Crippen molar-refractivity contribution in [2.24, 2.45) is 11.7 Å². The lowest BCUT2D eigenvalue weighted by molar-refractivity contribution is -0.0211. The van der Waals surface area contributed by atoms with Gasteiger partial charge in [-0.2, -0.15) is 0 Å². The number of nitrogens with two attached hydrogens (primary N) is 1. The Hall–Kier alpha value is -0.770. The second kappa shape index (κ2) is 3.54. The largest absolute Gasteiger partial charge is 0.444 e. The second-order valence-corrected chi connectivity index (χ2v) is 4.38. The molecule has 0 radical (unpaired) electrons. The third-order valence-electron chi connectivity index (χ3n) is 2.37. The summed E-state index contributed by atoms with van der Waals surface area (Å²) in [6.07, 6.45) is 1.50. The maximum atomic E-state index is 10.5. The Morgan fingerprint density at radius 2 is 2.15 bits per heavy atom. The quantitative estimate of drug-likeness (QED) is 0.692. The van der Waals surface area contributed by atoms with Crippen LogP contribution in [-0.4, -0.2) is 22.9 Å². The van der Waals surface area contributed by atoms with Gasteiger partial charge in [-0.1, -0.05) is 0 Å². The Labute approximate surface area is 78.1 Å². The molecule has 4 nitrogen and oxygen atoms in total. The standard InChI is InChI=1S/C9H17NO3/c1-9(2,13-8(10)12)5-6-3-7(11)4-6/h6-7,11H,3-5H2,1-2H3,(H2,10,12)/t6-,7+. The number of rotatable bonds is 3. The Bertz CT molecular complexity index is 197. The fraction of sp³-hybridized carbons (Fsp3) is 0.889. The molecule has 3 N–H and O–H groups in total. The van der Waals surface area contributed by atoms with Crippen molar-refractivity contribution < 1.29 is 14.6 Å². The van der Waals surface area contributed by atoms with Gasteiger partial charge in [-0.15, -0.1) is 0 Å². The summed E-state index contributed by atoms with van der Waals surface area (Å²) >= 11 is 0. The lowest BCUT2D eigenvalue weighted by Gasteiger charge is -2.36. The highest BCUT2D eigenvalue weighted by Gasteiger charge is 2.34. The number of ether oxygens (including phenoxy) is 1. The monoisotopic (exact) mass is 187 g/mol. The van der Waals surface area contributed by atoms with E-state index in [4.69, 9.17) is 15.6 Å². The van der Waals surface area contributed by atoms with Gasteiger partial charge in [-0.05, 0) is 39.0 Å². The van der Waals surface area contributed by atoms with Gasteiger partial charge in [-0.3, -0.25) is 0 Å². The number of aliphatic hydroxyl groups excluding tert-OH is 1. The van der Waals surface area contributed by atoms with Crippen molar-refractivity contribution in [2.45, 2.75) is 44.8 Å². The molecular formula is C9H17NO3. The summed E-state index contributed by atoms with van der Waals surface area (Å²) in [5.74, 6) is 0.462. The van der Waals surface area contributed by atoms with Crippen LogP contribution in [0.1, 0.15) is 33.1 Å². The SMILES string of the molecule is CC(C)(C[C@H]1C[C@@H](O)C1)OC(N)=O. The summed E-state index contributed by atoms with van der Waals surface area (Å²) in [4.78, 5) is 10.5. The number of hydrogen-bond acceptors (Lipinski definition) is 3. The van der Waals surface area contributed by atoms with Gasteiger partial charge in [-0.25, -0.2) is 4.79 Å². The lowest BCUT2D eigenvalue weighted by Crippen LogP contribution is -2.38. The summed E-state index contributed by atoms with van der Waals surface area (Å²) < 4.78 is 4.94. The van der Waals surface area contributed by atoms with Crippen molar-refractivity contribution in [1.29, 1.82) is 0 Å². The van der Waals surface area contributed by atoms with E-state index in [1.165, 1.54) is 0 Å². The van der Waals surface area contributed by atoms with Crippen LogP contribution in [0.3, 0.4) is 0 Å². The van der Waals surface area contributed by atoms with Crippen LogP contribution in [0.15, 0.2) is 0 Å². The van der Waals surface area contributed by atoms with E-state index in [1.54, 1.807) is 0 Å². The van der Waals surface area contributed by atoms with E-state index in [1.807, 2.05) is 13.8 Å². The molecule has 1 amide bonds. The maximum absolute atomic E-state index is 10.5. The molecule has 0 aromatic carbocycles. The highest BCUT2D eigenvalue weighted by atomic mass is 16.6. The molecule has 0 aliphatic heterocycles.